The van der Waals surface area contributed by atoms with Gasteiger partial charge in [-0.25, -0.2) is 4.98 Å². The average molecular weight is 422 g/mol. The second kappa shape index (κ2) is 10.0. The summed E-state index contributed by atoms with van der Waals surface area (Å²) in [6.07, 6.45) is 0. The average Bonchev–Trinajstić information content (AvgIpc) is 3.28. The third kappa shape index (κ3) is 4.71. The van der Waals surface area contributed by atoms with Crippen molar-refractivity contribution in [2.24, 2.45) is 0 Å². The van der Waals surface area contributed by atoms with Gasteiger partial charge in [0, 0.05) is 25.3 Å². The van der Waals surface area contributed by atoms with Crippen LogP contribution < -0.4 is 4.90 Å². The van der Waals surface area contributed by atoms with E-state index in [1.54, 1.807) is 16.2 Å². The molecule has 0 bridgehead atoms. The number of aromatic nitrogens is 3. The summed E-state index contributed by atoms with van der Waals surface area (Å²) in [5.74, 6) is -0.0866. The smallest absolute Gasteiger partial charge is 0.280 e. The summed E-state index contributed by atoms with van der Waals surface area (Å²) >= 11 is 1.55. The van der Waals surface area contributed by atoms with Crippen LogP contribution in [0.1, 0.15) is 37.0 Å². The number of likely N-dealkylation sites (N-methyl/N-ethyl adjacent to an activating group) is 1. The number of carbonyl (C=O) groups is 1. The molecule has 1 aromatic carbocycles. The lowest BCUT2D eigenvalue weighted by molar-refractivity contribution is 0.0978. The first-order valence-corrected chi connectivity index (χ1v) is 10.3. The van der Waals surface area contributed by atoms with Crippen molar-refractivity contribution in [1.82, 2.24) is 19.7 Å². The fourth-order valence-electron chi connectivity index (χ4n) is 3.11. The van der Waals surface area contributed by atoms with Gasteiger partial charge in [0.25, 0.3) is 5.91 Å². The van der Waals surface area contributed by atoms with Gasteiger partial charge in [-0.3, -0.25) is 14.4 Å². The van der Waals surface area contributed by atoms with E-state index in [0.29, 0.717) is 12.2 Å². The zero-order valence-electron chi connectivity index (χ0n) is 16.9. The number of hydrogen-bond acceptors (Lipinski definition) is 5. The number of hydrogen-bond donors (Lipinski definition) is 0. The number of anilines is 1. The molecular weight excluding hydrogens is 394 g/mol. The summed E-state index contributed by atoms with van der Waals surface area (Å²) < 4.78 is 2.94. The highest BCUT2D eigenvalue weighted by molar-refractivity contribution is 7.22. The van der Waals surface area contributed by atoms with Crippen LogP contribution in [0.5, 0.6) is 0 Å². The molecule has 1 amide bonds. The van der Waals surface area contributed by atoms with Crippen molar-refractivity contribution >= 4 is 45.0 Å². The van der Waals surface area contributed by atoms with Crippen LogP contribution in [0.15, 0.2) is 30.3 Å². The highest BCUT2D eigenvalue weighted by Gasteiger charge is 2.24. The Kier molecular flexibility index (Phi) is 7.98. The number of nitrogens with zero attached hydrogens (tertiary/aromatic N) is 5. The monoisotopic (exact) mass is 421 g/mol. The topological polar surface area (TPSA) is 54.3 Å². The lowest BCUT2D eigenvalue weighted by Crippen LogP contribution is -2.39. The molecule has 3 rings (SSSR count). The summed E-state index contributed by atoms with van der Waals surface area (Å²) in [4.78, 5) is 22.1. The summed E-state index contributed by atoms with van der Waals surface area (Å²) in [7, 11) is 0. The highest BCUT2D eigenvalue weighted by Crippen LogP contribution is 2.29. The van der Waals surface area contributed by atoms with E-state index in [1.807, 2.05) is 48.9 Å². The predicted octanol–water partition coefficient (Wildman–Crippen LogP) is 4.23. The maximum Gasteiger partial charge on any atom is 0.280 e. The maximum atomic E-state index is 13.3. The number of halogens is 1. The minimum Gasteiger partial charge on any atom is -0.302 e. The summed E-state index contributed by atoms with van der Waals surface area (Å²) in [6.45, 7) is 12.4. The Morgan fingerprint density at radius 2 is 1.86 bits per heavy atom. The van der Waals surface area contributed by atoms with Crippen molar-refractivity contribution in [1.29, 1.82) is 0 Å². The van der Waals surface area contributed by atoms with Crippen LogP contribution in [-0.2, 0) is 6.54 Å². The van der Waals surface area contributed by atoms with Gasteiger partial charge in [0.15, 0.2) is 10.8 Å². The standard InChI is InChI=1S/C20H27N5OS.ClH/c1-5-23(6-2)12-13-24(19(26)17-14-15(4)25(7-3)22-17)20-21-16-10-8-9-11-18(16)27-20;/h8-11,14H,5-7,12-13H2,1-4H3;1H. The number of carbonyl (C=O) groups excluding carboxylic acids is 1. The second-order valence-electron chi connectivity index (χ2n) is 6.43. The Balaban J connectivity index is 0.00000280. The Morgan fingerprint density at radius 1 is 1.14 bits per heavy atom. The van der Waals surface area contributed by atoms with Crippen LogP contribution in [0.2, 0.25) is 0 Å². The molecule has 0 spiro atoms. The Morgan fingerprint density at radius 3 is 2.46 bits per heavy atom. The molecule has 0 aliphatic rings. The highest BCUT2D eigenvalue weighted by atomic mass is 35.5. The molecule has 2 aromatic heterocycles. The Bertz CT molecular complexity index is 885. The number of amides is 1. The molecule has 0 aliphatic heterocycles. The molecule has 0 saturated heterocycles. The molecule has 6 nitrogen and oxygen atoms in total. The van der Waals surface area contributed by atoms with Gasteiger partial charge in [-0.05, 0) is 45.1 Å². The Labute approximate surface area is 176 Å². The molecule has 0 unspecified atom stereocenters. The molecule has 0 aliphatic carbocycles. The van der Waals surface area contributed by atoms with Crippen LogP contribution in [0.25, 0.3) is 10.2 Å². The quantitative estimate of drug-likeness (QED) is 0.546. The summed E-state index contributed by atoms with van der Waals surface area (Å²) in [5.41, 5.74) is 2.40. The SMILES string of the molecule is CCN(CC)CCN(C(=O)c1cc(C)n(CC)n1)c1nc2ccccc2s1.Cl. The number of thiazole rings is 1. The Hall–Kier alpha value is -1.96. The number of fused-ring (bicyclic) bond motifs is 1. The molecule has 0 N–H and O–H groups in total. The lowest BCUT2D eigenvalue weighted by Gasteiger charge is -2.24. The van der Waals surface area contributed by atoms with Gasteiger partial charge in [-0.15, -0.1) is 12.4 Å². The van der Waals surface area contributed by atoms with Gasteiger partial charge in [-0.1, -0.05) is 37.3 Å². The van der Waals surface area contributed by atoms with Crippen molar-refractivity contribution in [2.75, 3.05) is 31.1 Å². The fraction of sp³-hybridized carbons (Fsp3) is 0.450. The van der Waals surface area contributed by atoms with Crippen LogP contribution in [0.3, 0.4) is 0 Å². The number of rotatable bonds is 8. The molecule has 152 valence electrons. The van der Waals surface area contributed by atoms with Crippen LogP contribution >= 0.6 is 23.7 Å². The van der Waals surface area contributed by atoms with E-state index >= 15 is 0 Å². The van der Waals surface area contributed by atoms with Gasteiger partial charge in [0.2, 0.25) is 0 Å². The molecule has 0 saturated carbocycles. The molecule has 28 heavy (non-hydrogen) atoms. The van der Waals surface area contributed by atoms with Crippen LogP contribution in [-0.4, -0.2) is 51.8 Å². The van der Waals surface area contributed by atoms with E-state index in [2.05, 4.69) is 23.8 Å². The first-order chi connectivity index (χ1) is 13.1. The van der Waals surface area contributed by atoms with Crippen molar-refractivity contribution in [3.63, 3.8) is 0 Å². The summed E-state index contributed by atoms with van der Waals surface area (Å²) in [6, 6.07) is 9.86. The predicted molar refractivity (Wildman–Crippen MR) is 119 cm³/mol. The second-order valence-corrected chi connectivity index (χ2v) is 7.44. The maximum absolute atomic E-state index is 13.3. The first kappa shape index (κ1) is 22.3. The van der Waals surface area contributed by atoms with E-state index in [4.69, 9.17) is 4.98 Å². The van der Waals surface area contributed by atoms with Crippen molar-refractivity contribution in [2.45, 2.75) is 34.2 Å². The van der Waals surface area contributed by atoms with Crippen LogP contribution in [0, 0.1) is 6.92 Å². The van der Waals surface area contributed by atoms with E-state index in [0.717, 1.165) is 47.2 Å². The molecule has 8 heteroatoms. The van der Waals surface area contributed by atoms with E-state index in [9.17, 15) is 4.79 Å². The minimum absolute atomic E-state index is 0. The van der Waals surface area contributed by atoms with Gasteiger partial charge in [0.05, 0.1) is 10.2 Å². The molecule has 0 atom stereocenters. The van der Waals surface area contributed by atoms with Crippen molar-refractivity contribution in [3.05, 3.63) is 41.7 Å². The number of aryl methyl sites for hydroxylation is 2. The van der Waals surface area contributed by atoms with Crippen LogP contribution in [0.4, 0.5) is 5.13 Å². The summed E-state index contributed by atoms with van der Waals surface area (Å²) in [5, 5.41) is 5.22. The van der Waals surface area contributed by atoms with Gasteiger partial charge in [-0.2, -0.15) is 5.10 Å². The van der Waals surface area contributed by atoms with Gasteiger partial charge >= 0.3 is 0 Å². The molecule has 0 fully saturated rings. The molecule has 2 heterocycles. The van der Waals surface area contributed by atoms with Crippen molar-refractivity contribution in [3.8, 4) is 0 Å². The zero-order valence-corrected chi connectivity index (χ0v) is 18.5. The fourth-order valence-corrected chi connectivity index (χ4v) is 4.10. The first-order valence-electron chi connectivity index (χ1n) is 9.51. The third-order valence-corrected chi connectivity index (χ3v) is 5.85. The molecular formula is C20H28ClN5OS. The third-order valence-electron chi connectivity index (χ3n) is 4.79. The normalized spacial score (nSPS) is 11.0. The van der Waals surface area contributed by atoms with Crippen molar-refractivity contribution < 1.29 is 4.79 Å². The largest absolute Gasteiger partial charge is 0.302 e. The minimum atomic E-state index is -0.0866. The lowest BCUT2D eigenvalue weighted by atomic mass is 10.3. The van der Waals surface area contributed by atoms with Gasteiger partial charge < -0.3 is 4.90 Å². The van der Waals surface area contributed by atoms with E-state index in [-0.39, 0.29) is 18.3 Å². The zero-order chi connectivity index (χ0) is 19.4. The van der Waals surface area contributed by atoms with Gasteiger partial charge in [0.1, 0.15) is 0 Å². The number of para-hydroxylation sites is 1. The molecule has 3 aromatic rings. The van der Waals surface area contributed by atoms with E-state index < -0.39 is 0 Å². The number of benzene rings is 1. The molecule has 0 radical (unpaired) electrons. The van der Waals surface area contributed by atoms with E-state index in [1.165, 1.54) is 0 Å².